The molecule has 0 bridgehead atoms. The summed E-state index contributed by atoms with van der Waals surface area (Å²) < 4.78 is 46.9. The molecule has 29 heavy (non-hydrogen) atoms. The van der Waals surface area contributed by atoms with Gasteiger partial charge in [0.05, 0.1) is 0 Å². The first kappa shape index (κ1) is 24.2. The number of aliphatic hydroxyl groups is 2. The van der Waals surface area contributed by atoms with E-state index in [0.717, 1.165) is 10.8 Å². The molecule has 9 N–H and O–H groups in total. The molecule has 0 aliphatic carbocycles. The highest BCUT2D eigenvalue weighted by Gasteiger charge is 2.46. The maximum absolute atomic E-state index is 11.8. The van der Waals surface area contributed by atoms with Crippen molar-refractivity contribution in [2.45, 2.75) is 24.5 Å². The van der Waals surface area contributed by atoms with E-state index in [4.69, 9.17) is 25.2 Å². The summed E-state index contributed by atoms with van der Waals surface area (Å²) in [5.41, 5.74) is 4.42. The number of nitrogens with two attached hydrogens (primary N) is 1. The van der Waals surface area contributed by atoms with Crippen LogP contribution in [0.15, 0.2) is 17.1 Å². The van der Waals surface area contributed by atoms with Crippen molar-refractivity contribution in [1.82, 2.24) is 14.6 Å². The summed E-state index contributed by atoms with van der Waals surface area (Å²) in [5.74, 6) is -0.109. The summed E-state index contributed by atoms with van der Waals surface area (Å²) >= 11 is 0. The molecule has 1 aromatic rings. The maximum Gasteiger partial charge on any atom is 0.489 e. The topological polar surface area (TPSA) is 273 Å². The summed E-state index contributed by atoms with van der Waals surface area (Å²) in [6.45, 7) is -0.768. The van der Waals surface area contributed by atoms with Crippen LogP contribution in [0.3, 0.4) is 0 Å². The Kier molecular flexibility index (Phi) is 7.20. The second-order valence-electron chi connectivity index (χ2n) is 5.59. The third-order valence-electron chi connectivity index (χ3n) is 3.38. The molecule has 0 spiro atoms. The SMILES string of the molecule is Nc1ccn([C@@H]2O[C@H](CNP(=O)(O)OP(=O)(O)OP(=O)(O)O)C(O)C2O)c(=O)n1. The number of aromatic nitrogens is 2. The van der Waals surface area contributed by atoms with Gasteiger partial charge in [0.25, 0.3) is 0 Å². The molecule has 2 heterocycles. The Balaban J connectivity index is 2.05. The molecule has 166 valence electrons. The normalized spacial score (nSPS) is 29.3. The fourth-order valence-electron chi connectivity index (χ4n) is 2.27. The monoisotopic (exact) mass is 482 g/mol. The van der Waals surface area contributed by atoms with Crippen LogP contribution in [0.25, 0.3) is 0 Å². The highest BCUT2D eigenvalue weighted by atomic mass is 31.3. The molecule has 6 atom stereocenters. The standard InChI is InChI=1S/C9H17N4O13P3/c10-5-1-2-13(9(16)12-5)8-7(15)6(14)4(24-8)3-11-27(17,18)25-29(22,23)26-28(19,20)21/h1-2,4,6-8,14-15H,3H2,(H,22,23)(H2,10,12,16)(H2,11,17,18)(H2,19,20,21)/t4-,6?,7?,8-/m1/s1. The first-order valence-electron chi connectivity index (χ1n) is 7.35. The molecule has 1 aromatic heterocycles. The smallest absolute Gasteiger partial charge is 0.387 e. The third kappa shape index (κ3) is 6.73. The largest absolute Gasteiger partial charge is 0.489 e. The van der Waals surface area contributed by atoms with E-state index in [9.17, 15) is 33.6 Å². The van der Waals surface area contributed by atoms with Gasteiger partial charge in [0.2, 0.25) is 0 Å². The van der Waals surface area contributed by atoms with E-state index < -0.39 is 60.2 Å². The molecule has 0 aromatic carbocycles. The van der Waals surface area contributed by atoms with Crippen LogP contribution in [0.1, 0.15) is 6.23 Å². The lowest BCUT2D eigenvalue weighted by atomic mass is 10.1. The Labute approximate surface area is 161 Å². The van der Waals surface area contributed by atoms with Crippen molar-refractivity contribution < 1.29 is 56.8 Å². The molecule has 1 aliphatic heterocycles. The quantitative estimate of drug-likeness (QED) is 0.176. The number of anilines is 1. The second kappa shape index (κ2) is 8.61. The van der Waals surface area contributed by atoms with Gasteiger partial charge in [-0.2, -0.15) is 13.6 Å². The molecule has 4 unspecified atom stereocenters. The van der Waals surface area contributed by atoms with Crippen molar-refractivity contribution in [3.8, 4) is 0 Å². The van der Waals surface area contributed by atoms with Crippen LogP contribution >= 0.6 is 23.4 Å². The minimum Gasteiger partial charge on any atom is -0.387 e. The maximum atomic E-state index is 11.8. The summed E-state index contributed by atoms with van der Waals surface area (Å²) in [6, 6.07) is 1.21. The number of phosphoric acid groups is 2. The van der Waals surface area contributed by atoms with Gasteiger partial charge in [-0.25, -0.2) is 23.6 Å². The predicted octanol–water partition coefficient (Wildman–Crippen LogP) is -2.64. The van der Waals surface area contributed by atoms with E-state index in [0.29, 0.717) is 0 Å². The molecule has 20 heteroatoms. The number of rotatable bonds is 8. The molecule has 1 fully saturated rings. The van der Waals surface area contributed by atoms with Gasteiger partial charge < -0.3 is 40.3 Å². The molecule has 17 nitrogen and oxygen atoms in total. The van der Waals surface area contributed by atoms with Crippen molar-refractivity contribution in [2.75, 3.05) is 12.3 Å². The van der Waals surface area contributed by atoms with E-state index >= 15 is 0 Å². The van der Waals surface area contributed by atoms with Crippen LogP contribution in [0.4, 0.5) is 5.82 Å². The lowest BCUT2D eigenvalue weighted by Crippen LogP contribution is -2.37. The number of hydrogen-bond donors (Lipinski definition) is 8. The summed E-state index contributed by atoms with van der Waals surface area (Å²) in [5, 5.41) is 21.7. The average Bonchev–Trinajstić information content (AvgIpc) is 2.78. The number of nitrogens with one attached hydrogen (secondary N) is 1. The minimum atomic E-state index is -5.65. The van der Waals surface area contributed by atoms with Crippen molar-refractivity contribution in [2.24, 2.45) is 0 Å². The van der Waals surface area contributed by atoms with Crippen molar-refractivity contribution in [3.05, 3.63) is 22.7 Å². The van der Waals surface area contributed by atoms with Crippen molar-refractivity contribution >= 4 is 29.2 Å². The Morgan fingerprint density at radius 1 is 1.17 bits per heavy atom. The van der Waals surface area contributed by atoms with E-state index in [2.05, 4.69) is 13.6 Å². The zero-order valence-corrected chi connectivity index (χ0v) is 16.7. The zero-order chi connectivity index (χ0) is 22.2. The molecular weight excluding hydrogens is 465 g/mol. The number of ether oxygens (including phenoxy) is 1. The zero-order valence-electron chi connectivity index (χ0n) is 14.0. The van der Waals surface area contributed by atoms with E-state index in [1.165, 1.54) is 6.07 Å². The molecule has 1 saturated heterocycles. The predicted molar refractivity (Wildman–Crippen MR) is 90.7 cm³/mol. The number of aliphatic hydroxyl groups excluding tert-OH is 2. The van der Waals surface area contributed by atoms with Crippen molar-refractivity contribution in [3.63, 3.8) is 0 Å². The first-order chi connectivity index (χ1) is 13.1. The van der Waals surface area contributed by atoms with Gasteiger partial charge >= 0.3 is 29.1 Å². The molecule has 0 amide bonds. The Morgan fingerprint density at radius 2 is 1.79 bits per heavy atom. The molecular formula is C9H17N4O13P3. The van der Waals surface area contributed by atoms with Crippen LogP contribution in [0.2, 0.25) is 0 Å². The summed E-state index contributed by atoms with van der Waals surface area (Å²) in [4.78, 5) is 50.7. The van der Waals surface area contributed by atoms with Gasteiger partial charge in [-0.15, -0.1) is 0 Å². The second-order valence-corrected chi connectivity index (χ2v) is 10.2. The highest BCUT2D eigenvalue weighted by Crippen LogP contribution is 2.64. The highest BCUT2D eigenvalue weighted by molar-refractivity contribution is 7.67. The van der Waals surface area contributed by atoms with Crippen LogP contribution in [0, 0.1) is 0 Å². The van der Waals surface area contributed by atoms with E-state index in [-0.39, 0.29) is 5.82 Å². The summed E-state index contributed by atoms with van der Waals surface area (Å²) in [7, 11) is -16.4. The van der Waals surface area contributed by atoms with Crippen LogP contribution < -0.4 is 16.5 Å². The minimum absolute atomic E-state index is 0.109. The number of nitrogen functional groups attached to an aromatic ring is 1. The van der Waals surface area contributed by atoms with Crippen LogP contribution in [-0.2, 0) is 27.1 Å². The van der Waals surface area contributed by atoms with Gasteiger partial charge in [0.1, 0.15) is 24.1 Å². The Morgan fingerprint density at radius 3 is 2.34 bits per heavy atom. The third-order valence-corrected chi connectivity index (χ3v) is 7.35. The van der Waals surface area contributed by atoms with Gasteiger partial charge in [-0.05, 0) is 6.07 Å². The first-order valence-corrected chi connectivity index (χ1v) is 12.0. The van der Waals surface area contributed by atoms with Gasteiger partial charge in [-0.1, -0.05) is 0 Å². The van der Waals surface area contributed by atoms with Gasteiger partial charge in [0.15, 0.2) is 6.23 Å². The fourth-order valence-corrected chi connectivity index (χ4v) is 5.49. The van der Waals surface area contributed by atoms with Crippen LogP contribution in [0.5, 0.6) is 0 Å². The van der Waals surface area contributed by atoms with E-state index in [1.807, 2.05) is 0 Å². The fraction of sp³-hybridized carbons (Fsp3) is 0.556. The van der Waals surface area contributed by atoms with Gasteiger partial charge in [0, 0.05) is 12.7 Å². The van der Waals surface area contributed by atoms with Crippen molar-refractivity contribution in [1.29, 1.82) is 0 Å². The molecule has 1 aliphatic rings. The molecule has 2 rings (SSSR count). The molecule has 0 saturated carbocycles. The van der Waals surface area contributed by atoms with E-state index in [1.54, 1.807) is 5.09 Å². The Bertz CT molecular complexity index is 948. The summed E-state index contributed by atoms with van der Waals surface area (Å²) in [6.07, 6.45) is -5.11. The lowest BCUT2D eigenvalue weighted by molar-refractivity contribution is -0.0382. The lowest BCUT2D eigenvalue weighted by Gasteiger charge is -2.20. The molecule has 0 radical (unpaired) electrons. The number of nitrogens with zero attached hydrogens (tertiary/aromatic N) is 2. The van der Waals surface area contributed by atoms with Gasteiger partial charge in [-0.3, -0.25) is 4.57 Å². The number of hydrogen-bond acceptors (Lipinski definition) is 11. The van der Waals surface area contributed by atoms with Crippen LogP contribution in [-0.4, -0.2) is 64.2 Å². The Hall–Kier alpha value is -1.03. The average molecular weight is 482 g/mol.